The highest BCUT2D eigenvalue weighted by molar-refractivity contribution is 5.91. The van der Waals surface area contributed by atoms with Gasteiger partial charge in [-0.05, 0) is 6.92 Å². The standard InChI is InChI=1S/C7H8O6/c1-4(7(11)12)13-6(10)3-2-5(8)9/h2-4H,1H3,(H,8,9)(H,11,12)/b3-2+. The number of carboxylic acid groups (broad SMARTS) is 2. The normalized spacial score (nSPS) is 12.4. The zero-order valence-corrected chi connectivity index (χ0v) is 6.76. The van der Waals surface area contributed by atoms with E-state index < -0.39 is 24.0 Å². The molecule has 0 aromatic heterocycles. The van der Waals surface area contributed by atoms with E-state index in [2.05, 4.69) is 4.74 Å². The maximum Gasteiger partial charge on any atom is 0.344 e. The van der Waals surface area contributed by atoms with Gasteiger partial charge in [-0.2, -0.15) is 0 Å². The van der Waals surface area contributed by atoms with Crippen molar-refractivity contribution in [2.75, 3.05) is 0 Å². The topological polar surface area (TPSA) is 101 Å². The largest absolute Gasteiger partial charge is 0.479 e. The third-order valence-corrected chi connectivity index (χ3v) is 1.00. The van der Waals surface area contributed by atoms with Gasteiger partial charge in [-0.1, -0.05) is 0 Å². The first-order valence-electron chi connectivity index (χ1n) is 3.28. The minimum absolute atomic E-state index is 0.566. The van der Waals surface area contributed by atoms with Gasteiger partial charge < -0.3 is 14.9 Å². The molecule has 13 heavy (non-hydrogen) atoms. The third kappa shape index (κ3) is 5.42. The quantitative estimate of drug-likeness (QED) is 0.461. The summed E-state index contributed by atoms with van der Waals surface area (Å²) >= 11 is 0. The van der Waals surface area contributed by atoms with E-state index in [1.165, 1.54) is 0 Å². The molecule has 6 heteroatoms. The molecule has 6 nitrogen and oxygen atoms in total. The Labute approximate surface area is 73.4 Å². The second kappa shape index (κ2) is 4.91. The van der Waals surface area contributed by atoms with Crippen LogP contribution >= 0.6 is 0 Å². The minimum atomic E-state index is -1.31. The van der Waals surface area contributed by atoms with E-state index >= 15 is 0 Å². The lowest BCUT2D eigenvalue weighted by Crippen LogP contribution is -2.22. The van der Waals surface area contributed by atoms with Gasteiger partial charge in [-0.25, -0.2) is 14.4 Å². The number of carbonyl (C=O) groups is 3. The third-order valence-electron chi connectivity index (χ3n) is 1.00. The molecule has 0 radical (unpaired) electrons. The monoisotopic (exact) mass is 188 g/mol. The van der Waals surface area contributed by atoms with Crippen LogP contribution in [0, 0.1) is 0 Å². The fourth-order valence-corrected chi connectivity index (χ4v) is 0.403. The second-order valence-corrected chi connectivity index (χ2v) is 2.09. The number of hydrogen-bond acceptors (Lipinski definition) is 4. The molecule has 1 unspecified atom stereocenters. The van der Waals surface area contributed by atoms with E-state index in [9.17, 15) is 14.4 Å². The van der Waals surface area contributed by atoms with Crippen molar-refractivity contribution in [2.24, 2.45) is 0 Å². The summed E-state index contributed by atoms with van der Waals surface area (Å²) in [4.78, 5) is 30.7. The average Bonchev–Trinajstić information content (AvgIpc) is 2.00. The zero-order valence-electron chi connectivity index (χ0n) is 6.76. The van der Waals surface area contributed by atoms with Gasteiger partial charge in [0.05, 0.1) is 0 Å². The number of ether oxygens (including phenoxy) is 1. The molecule has 0 rings (SSSR count). The molecule has 0 saturated heterocycles. The molecule has 0 saturated carbocycles. The van der Waals surface area contributed by atoms with E-state index in [0.717, 1.165) is 6.92 Å². The van der Waals surface area contributed by atoms with Crippen molar-refractivity contribution in [1.82, 2.24) is 0 Å². The van der Waals surface area contributed by atoms with Crippen LogP contribution < -0.4 is 0 Å². The number of aliphatic carboxylic acids is 2. The molecule has 0 aliphatic heterocycles. The first-order valence-corrected chi connectivity index (χ1v) is 3.28. The zero-order chi connectivity index (χ0) is 10.4. The first-order chi connectivity index (χ1) is 5.93. The molecule has 2 N–H and O–H groups in total. The molecule has 0 bridgehead atoms. The van der Waals surface area contributed by atoms with E-state index in [4.69, 9.17) is 10.2 Å². The summed E-state index contributed by atoms with van der Waals surface area (Å²) < 4.78 is 4.27. The number of carboxylic acids is 2. The Hall–Kier alpha value is -1.85. The van der Waals surface area contributed by atoms with Crippen LogP contribution in [-0.4, -0.2) is 34.2 Å². The summed E-state index contributed by atoms with van der Waals surface area (Å²) in [5.41, 5.74) is 0. The fourth-order valence-electron chi connectivity index (χ4n) is 0.403. The van der Waals surface area contributed by atoms with Crippen molar-refractivity contribution in [2.45, 2.75) is 13.0 Å². The highest BCUT2D eigenvalue weighted by atomic mass is 16.6. The summed E-state index contributed by atoms with van der Waals surface area (Å²) in [5.74, 6) is -3.60. The van der Waals surface area contributed by atoms with Crippen LogP contribution in [0.3, 0.4) is 0 Å². The molecule has 0 heterocycles. The summed E-state index contributed by atoms with van der Waals surface area (Å²) in [5, 5.41) is 16.4. The Bertz CT molecular complexity index is 254. The summed E-state index contributed by atoms with van der Waals surface area (Å²) in [6, 6.07) is 0. The van der Waals surface area contributed by atoms with E-state index in [0.29, 0.717) is 12.2 Å². The van der Waals surface area contributed by atoms with Gasteiger partial charge in [0.2, 0.25) is 0 Å². The molecular weight excluding hydrogens is 180 g/mol. The first kappa shape index (κ1) is 11.2. The van der Waals surface area contributed by atoms with Crippen LogP contribution in [0.4, 0.5) is 0 Å². The average molecular weight is 188 g/mol. The lowest BCUT2D eigenvalue weighted by atomic mass is 10.4. The summed E-state index contributed by atoms with van der Waals surface area (Å²) in [6.45, 7) is 1.16. The highest BCUT2D eigenvalue weighted by Gasteiger charge is 2.14. The number of esters is 1. The predicted octanol–water partition coefficient (Wildman–Crippen LogP) is -0.357. The molecule has 0 spiro atoms. The fraction of sp³-hybridized carbons (Fsp3) is 0.286. The molecule has 1 atom stereocenters. The van der Waals surface area contributed by atoms with Crippen molar-refractivity contribution in [1.29, 1.82) is 0 Å². The van der Waals surface area contributed by atoms with Gasteiger partial charge in [0, 0.05) is 12.2 Å². The second-order valence-electron chi connectivity index (χ2n) is 2.09. The van der Waals surface area contributed by atoms with E-state index in [1.807, 2.05) is 0 Å². The van der Waals surface area contributed by atoms with Gasteiger partial charge in [-0.15, -0.1) is 0 Å². The van der Waals surface area contributed by atoms with Gasteiger partial charge in [0.15, 0.2) is 6.10 Å². The molecule has 0 aromatic carbocycles. The number of rotatable bonds is 4. The lowest BCUT2D eigenvalue weighted by molar-refractivity contribution is -0.159. The number of carbonyl (C=O) groups excluding carboxylic acids is 1. The van der Waals surface area contributed by atoms with Crippen LogP contribution in [0.15, 0.2) is 12.2 Å². The maximum absolute atomic E-state index is 10.6. The molecular formula is C7H8O6. The van der Waals surface area contributed by atoms with Crippen LogP contribution in [0.2, 0.25) is 0 Å². The van der Waals surface area contributed by atoms with Crippen LogP contribution in [0.5, 0.6) is 0 Å². The van der Waals surface area contributed by atoms with Crippen molar-refractivity contribution >= 4 is 17.9 Å². The van der Waals surface area contributed by atoms with E-state index in [1.54, 1.807) is 0 Å². The van der Waals surface area contributed by atoms with Crippen molar-refractivity contribution in [3.8, 4) is 0 Å². The molecule has 72 valence electrons. The summed E-state index contributed by atoms with van der Waals surface area (Å²) in [6.07, 6.45) is -0.0791. The van der Waals surface area contributed by atoms with Crippen LogP contribution in [-0.2, 0) is 19.1 Å². The molecule has 0 aliphatic carbocycles. The van der Waals surface area contributed by atoms with Gasteiger partial charge in [0.25, 0.3) is 0 Å². The van der Waals surface area contributed by atoms with Crippen LogP contribution in [0.1, 0.15) is 6.92 Å². The Morgan fingerprint density at radius 2 is 1.77 bits per heavy atom. The minimum Gasteiger partial charge on any atom is -0.479 e. The Morgan fingerprint density at radius 1 is 1.23 bits per heavy atom. The molecule has 0 amide bonds. The molecule has 0 aliphatic rings. The smallest absolute Gasteiger partial charge is 0.344 e. The van der Waals surface area contributed by atoms with Gasteiger partial charge in [0.1, 0.15) is 0 Å². The highest BCUT2D eigenvalue weighted by Crippen LogP contribution is 1.92. The van der Waals surface area contributed by atoms with Crippen molar-refractivity contribution in [3.05, 3.63) is 12.2 Å². The van der Waals surface area contributed by atoms with Crippen LogP contribution in [0.25, 0.3) is 0 Å². The molecule has 0 aromatic rings. The summed E-state index contributed by atoms with van der Waals surface area (Å²) in [7, 11) is 0. The lowest BCUT2D eigenvalue weighted by Gasteiger charge is -2.04. The Kier molecular flexibility index (Phi) is 4.21. The van der Waals surface area contributed by atoms with Crippen molar-refractivity contribution < 1.29 is 29.3 Å². The van der Waals surface area contributed by atoms with Gasteiger partial charge in [-0.3, -0.25) is 0 Å². The Balaban J connectivity index is 4.02. The predicted molar refractivity (Wildman–Crippen MR) is 40.0 cm³/mol. The number of hydrogen-bond donors (Lipinski definition) is 2. The van der Waals surface area contributed by atoms with Gasteiger partial charge >= 0.3 is 17.9 Å². The maximum atomic E-state index is 10.6. The SMILES string of the molecule is CC(OC(=O)/C=C/C(=O)O)C(=O)O. The molecule has 0 fully saturated rings. The van der Waals surface area contributed by atoms with E-state index in [-0.39, 0.29) is 0 Å². The van der Waals surface area contributed by atoms with Crippen molar-refractivity contribution in [3.63, 3.8) is 0 Å². The Morgan fingerprint density at radius 3 is 2.15 bits per heavy atom.